The molecule has 1 aliphatic heterocycles. The molecule has 2 aromatic rings. The van der Waals surface area contributed by atoms with Crippen molar-refractivity contribution in [2.45, 2.75) is 6.92 Å². The molecule has 1 heterocycles. The summed E-state index contributed by atoms with van der Waals surface area (Å²) >= 11 is 7.44. The van der Waals surface area contributed by atoms with Gasteiger partial charge in [0.05, 0.1) is 23.3 Å². The van der Waals surface area contributed by atoms with E-state index < -0.39 is 0 Å². The van der Waals surface area contributed by atoms with Crippen LogP contribution in [0.2, 0.25) is 5.02 Å². The summed E-state index contributed by atoms with van der Waals surface area (Å²) in [7, 11) is 1.49. The summed E-state index contributed by atoms with van der Waals surface area (Å²) in [5, 5.41) is 0.425. The molecular weight excluding hydrogens is 358 g/mol. The SMILES string of the molecule is CCSC1=C(c2ccccc2)C(=O)N(c2cc(Cl)ccc2OC)C1=O. The molecule has 6 heteroatoms. The molecule has 0 spiro atoms. The van der Waals surface area contributed by atoms with Crippen molar-refractivity contribution in [2.24, 2.45) is 0 Å². The number of amides is 2. The number of carbonyl (C=O) groups is 2. The van der Waals surface area contributed by atoms with Crippen molar-refractivity contribution < 1.29 is 14.3 Å². The quantitative estimate of drug-likeness (QED) is 0.729. The Labute approximate surface area is 155 Å². The van der Waals surface area contributed by atoms with Gasteiger partial charge in [0, 0.05) is 5.02 Å². The molecule has 2 amide bonds. The molecule has 0 fully saturated rings. The first-order valence-corrected chi connectivity index (χ1v) is 9.09. The molecule has 0 bridgehead atoms. The predicted octanol–water partition coefficient (Wildman–Crippen LogP) is 4.39. The third-order valence-corrected chi connectivity index (χ3v) is 4.97. The maximum atomic E-state index is 13.1. The highest BCUT2D eigenvalue weighted by Crippen LogP contribution is 2.41. The highest BCUT2D eigenvalue weighted by molar-refractivity contribution is 8.04. The van der Waals surface area contributed by atoms with Crippen LogP contribution in [0.25, 0.3) is 5.57 Å². The number of halogens is 1. The van der Waals surface area contributed by atoms with Crippen LogP contribution < -0.4 is 9.64 Å². The summed E-state index contributed by atoms with van der Waals surface area (Å²) in [6.45, 7) is 1.95. The Morgan fingerprint density at radius 3 is 2.44 bits per heavy atom. The minimum absolute atomic E-state index is 0.351. The number of nitrogens with zero attached hydrogens (tertiary/aromatic N) is 1. The lowest BCUT2D eigenvalue weighted by molar-refractivity contribution is -0.119. The summed E-state index contributed by atoms with van der Waals surface area (Å²) in [5.41, 5.74) is 1.49. The molecule has 0 radical (unpaired) electrons. The van der Waals surface area contributed by atoms with E-state index in [1.54, 1.807) is 18.2 Å². The van der Waals surface area contributed by atoms with Crippen LogP contribution in [-0.4, -0.2) is 24.7 Å². The first-order chi connectivity index (χ1) is 12.1. The molecule has 0 unspecified atom stereocenters. The van der Waals surface area contributed by atoms with Gasteiger partial charge in [0.25, 0.3) is 11.8 Å². The van der Waals surface area contributed by atoms with Crippen molar-refractivity contribution in [2.75, 3.05) is 17.8 Å². The standard InChI is InChI=1S/C19H16ClNO3S/c1-3-25-17-16(12-7-5-4-6-8-12)18(22)21(19(17)23)14-11-13(20)9-10-15(14)24-2/h4-11H,3H2,1-2H3. The second-order valence-corrected chi connectivity index (χ2v) is 6.98. The second-order valence-electron chi connectivity index (χ2n) is 5.27. The molecule has 1 aliphatic rings. The molecule has 0 atom stereocenters. The number of ether oxygens (including phenoxy) is 1. The fourth-order valence-corrected chi connectivity index (χ4v) is 3.72. The van der Waals surface area contributed by atoms with E-state index in [9.17, 15) is 9.59 Å². The number of methoxy groups -OCH3 is 1. The summed E-state index contributed by atoms with van der Waals surface area (Å²) in [4.78, 5) is 27.7. The maximum absolute atomic E-state index is 13.1. The molecule has 0 saturated heterocycles. The van der Waals surface area contributed by atoms with Gasteiger partial charge in [-0.1, -0.05) is 48.9 Å². The zero-order valence-corrected chi connectivity index (χ0v) is 15.4. The van der Waals surface area contributed by atoms with Crippen molar-refractivity contribution in [3.63, 3.8) is 0 Å². The largest absolute Gasteiger partial charge is 0.495 e. The van der Waals surface area contributed by atoms with E-state index in [2.05, 4.69) is 0 Å². The van der Waals surface area contributed by atoms with Crippen LogP contribution in [0.1, 0.15) is 12.5 Å². The van der Waals surface area contributed by atoms with E-state index in [-0.39, 0.29) is 11.8 Å². The number of thioether (sulfide) groups is 1. The smallest absolute Gasteiger partial charge is 0.272 e. The Morgan fingerprint density at radius 1 is 1.08 bits per heavy atom. The predicted molar refractivity (Wildman–Crippen MR) is 102 cm³/mol. The van der Waals surface area contributed by atoms with E-state index in [1.807, 2.05) is 37.3 Å². The second kappa shape index (κ2) is 7.33. The van der Waals surface area contributed by atoms with E-state index in [1.165, 1.54) is 18.9 Å². The van der Waals surface area contributed by atoms with E-state index in [0.29, 0.717) is 32.7 Å². The highest BCUT2D eigenvalue weighted by atomic mass is 35.5. The van der Waals surface area contributed by atoms with Crippen LogP contribution >= 0.6 is 23.4 Å². The summed E-state index contributed by atoms with van der Waals surface area (Å²) in [5.74, 6) is 0.385. The number of hydrogen-bond donors (Lipinski definition) is 0. The van der Waals surface area contributed by atoms with Crippen molar-refractivity contribution >= 4 is 46.4 Å². The van der Waals surface area contributed by atoms with Crippen LogP contribution in [-0.2, 0) is 9.59 Å². The number of anilines is 1. The van der Waals surface area contributed by atoms with E-state index in [4.69, 9.17) is 16.3 Å². The van der Waals surface area contributed by atoms with Crippen LogP contribution in [0.15, 0.2) is 53.4 Å². The molecule has 3 rings (SSSR count). The Morgan fingerprint density at radius 2 is 1.80 bits per heavy atom. The summed E-state index contributed by atoms with van der Waals surface area (Å²) < 4.78 is 5.32. The summed E-state index contributed by atoms with van der Waals surface area (Å²) in [6.07, 6.45) is 0. The normalized spacial score (nSPS) is 14.4. The average Bonchev–Trinajstić information content (AvgIpc) is 2.86. The number of rotatable bonds is 5. The number of carbonyl (C=O) groups excluding carboxylic acids is 2. The number of benzene rings is 2. The molecule has 128 valence electrons. The zero-order chi connectivity index (χ0) is 18.0. The molecule has 2 aromatic carbocycles. The monoisotopic (exact) mass is 373 g/mol. The van der Waals surface area contributed by atoms with Crippen LogP contribution in [0, 0.1) is 0 Å². The van der Waals surface area contributed by atoms with Crippen LogP contribution in [0.3, 0.4) is 0 Å². The number of imide groups is 1. The van der Waals surface area contributed by atoms with Crippen LogP contribution in [0.4, 0.5) is 5.69 Å². The molecule has 0 N–H and O–H groups in total. The first kappa shape index (κ1) is 17.6. The number of hydrogen-bond acceptors (Lipinski definition) is 4. The maximum Gasteiger partial charge on any atom is 0.272 e. The highest BCUT2D eigenvalue weighted by Gasteiger charge is 2.41. The minimum atomic E-state index is -0.368. The van der Waals surface area contributed by atoms with Gasteiger partial charge >= 0.3 is 0 Å². The zero-order valence-electron chi connectivity index (χ0n) is 13.8. The van der Waals surface area contributed by atoms with Crippen LogP contribution in [0.5, 0.6) is 5.75 Å². The molecule has 4 nitrogen and oxygen atoms in total. The topological polar surface area (TPSA) is 46.6 Å². The van der Waals surface area contributed by atoms with Crippen molar-refractivity contribution in [3.8, 4) is 5.75 Å². The van der Waals surface area contributed by atoms with Crippen molar-refractivity contribution in [3.05, 3.63) is 64.0 Å². The molecule has 0 saturated carbocycles. The van der Waals surface area contributed by atoms with E-state index >= 15 is 0 Å². The van der Waals surface area contributed by atoms with Gasteiger partial charge in [0.2, 0.25) is 0 Å². The fraction of sp³-hybridized carbons (Fsp3) is 0.158. The van der Waals surface area contributed by atoms with Gasteiger partial charge in [-0.3, -0.25) is 9.59 Å². The first-order valence-electron chi connectivity index (χ1n) is 7.73. The van der Waals surface area contributed by atoms with E-state index in [0.717, 1.165) is 10.5 Å². The Balaban J connectivity index is 2.14. The Kier molecular flexibility index (Phi) is 5.16. The molecule has 25 heavy (non-hydrogen) atoms. The average molecular weight is 374 g/mol. The lowest BCUT2D eigenvalue weighted by atomic mass is 10.1. The van der Waals surface area contributed by atoms with Gasteiger partial charge in [-0.25, -0.2) is 4.90 Å². The van der Waals surface area contributed by atoms with Gasteiger partial charge < -0.3 is 4.74 Å². The molecule has 0 aliphatic carbocycles. The van der Waals surface area contributed by atoms with Crippen molar-refractivity contribution in [1.29, 1.82) is 0 Å². The molecule has 0 aromatic heterocycles. The third kappa shape index (κ3) is 3.17. The summed E-state index contributed by atoms with van der Waals surface area (Å²) in [6, 6.07) is 14.1. The lowest BCUT2D eigenvalue weighted by Gasteiger charge is -2.18. The minimum Gasteiger partial charge on any atom is -0.495 e. The van der Waals surface area contributed by atoms with Gasteiger partial charge in [-0.2, -0.15) is 0 Å². The van der Waals surface area contributed by atoms with Crippen molar-refractivity contribution in [1.82, 2.24) is 0 Å². The van der Waals surface area contributed by atoms with Gasteiger partial charge in [-0.15, -0.1) is 11.8 Å². The van der Waals surface area contributed by atoms with Gasteiger partial charge in [-0.05, 0) is 29.5 Å². The third-order valence-electron chi connectivity index (χ3n) is 3.77. The lowest BCUT2D eigenvalue weighted by Crippen LogP contribution is -2.31. The fourth-order valence-electron chi connectivity index (χ4n) is 2.70. The molecular formula is C19H16ClNO3S. The van der Waals surface area contributed by atoms with Gasteiger partial charge in [0.15, 0.2) is 0 Å². The Hall–Kier alpha value is -2.24. The van der Waals surface area contributed by atoms with Gasteiger partial charge in [0.1, 0.15) is 5.75 Å². The Bertz CT molecular complexity index is 864.